The van der Waals surface area contributed by atoms with Crippen molar-refractivity contribution >= 4 is 7.85 Å². The quantitative estimate of drug-likeness (QED) is 0.424. The Balaban J connectivity index is 2.53. The molecule has 58 valence electrons. The van der Waals surface area contributed by atoms with Crippen molar-refractivity contribution < 1.29 is 19.3 Å². The molecule has 1 saturated heterocycles. The molecule has 1 fully saturated rings. The van der Waals surface area contributed by atoms with E-state index in [4.69, 9.17) is 14.9 Å². The number of halogens is 1. The highest BCUT2D eigenvalue weighted by atomic mass is 19.1. The summed E-state index contributed by atoms with van der Waals surface area (Å²) in [4.78, 5) is 0. The van der Waals surface area contributed by atoms with E-state index >= 15 is 0 Å². The minimum absolute atomic E-state index is 0.327. The molecule has 0 amide bonds. The van der Waals surface area contributed by atoms with Gasteiger partial charge in [0.05, 0.1) is 12.6 Å². The van der Waals surface area contributed by atoms with Gasteiger partial charge in [-0.25, -0.2) is 4.39 Å². The zero-order valence-corrected chi connectivity index (χ0v) is 5.70. The van der Waals surface area contributed by atoms with Gasteiger partial charge in [-0.15, -0.1) is 0 Å². The fourth-order valence-electron chi connectivity index (χ4n) is 1.07. The van der Waals surface area contributed by atoms with Crippen molar-refractivity contribution in [3.8, 4) is 0 Å². The van der Waals surface area contributed by atoms with E-state index in [0.29, 0.717) is 0 Å². The third-order valence-corrected chi connectivity index (χ3v) is 1.73. The third-order valence-electron chi connectivity index (χ3n) is 1.73. The number of ether oxygens (including phenoxy) is 1. The van der Waals surface area contributed by atoms with Crippen LogP contribution in [0.4, 0.5) is 4.39 Å². The van der Waals surface area contributed by atoms with Crippen LogP contribution in [0.25, 0.3) is 0 Å². The molecule has 3 nitrogen and oxygen atoms in total. The summed E-state index contributed by atoms with van der Waals surface area (Å²) in [6.45, 7) is -0.327. The molecular formula is C5H10BFO3. The molecule has 1 rings (SSSR count). The third kappa shape index (κ3) is 1.16. The first-order chi connectivity index (χ1) is 4.66. The lowest BCUT2D eigenvalue weighted by molar-refractivity contribution is -0.00566. The topological polar surface area (TPSA) is 49.7 Å². The lowest BCUT2D eigenvalue weighted by Crippen LogP contribution is -2.30. The van der Waals surface area contributed by atoms with Gasteiger partial charge in [-0.1, -0.05) is 0 Å². The molecule has 10 heavy (non-hydrogen) atoms. The molecule has 0 aromatic heterocycles. The summed E-state index contributed by atoms with van der Waals surface area (Å²) in [5.41, 5.74) is 0. The maximum atomic E-state index is 12.7. The minimum atomic E-state index is -1.36. The number of hydrogen-bond acceptors (Lipinski definition) is 3. The second-order valence-corrected chi connectivity index (χ2v) is 2.50. The Kier molecular flexibility index (Phi) is 2.28. The molecule has 0 bridgehead atoms. The van der Waals surface area contributed by atoms with E-state index in [1.54, 1.807) is 0 Å². The first kappa shape index (κ1) is 7.98. The summed E-state index contributed by atoms with van der Waals surface area (Å²) < 4.78 is 17.5. The first-order valence-electron chi connectivity index (χ1n) is 3.25. The van der Waals surface area contributed by atoms with Crippen molar-refractivity contribution in [1.29, 1.82) is 0 Å². The SMILES string of the molecule is B[C@@H]1O[C@H](CO)C(O)C1F. The fourth-order valence-corrected chi connectivity index (χ4v) is 1.07. The summed E-state index contributed by atoms with van der Waals surface area (Å²) in [6, 6.07) is -0.604. The highest BCUT2D eigenvalue weighted by Gasteiger charge is 2.40. The Morgan fingerprint density at radius 3 is 2.40 bits per heavy atom. The van der Waals surface area contributed by atoms with Crippen LogP contribution in [0.1, 0.15) is 0 Å². The largest absolute Gasteiger partial charge is 0.394 e. The first-order valence-corrected chi connectivity index (χ1v) is 3.25. The maximum absolute atomic E-state index is 12.7. The zero-order chi connectivity index (χ0) is 7.72. The van der Waals surface area contributed by atoms with Gasteiger partial charge in [0.1, 0.15) is 26.2 Å². The number of hydrogen-bond donors (Lipinski definition) is 2. The van der Waals surface area contributed by atoms with Gasteiger partial charge in [0, 0.05) is 0 Å². The van der Waals surface area contributed by atoms with Gasteiger partial charge in [0.2, 0.25) is 0 Å². The smallest absolute Gasteiger partial charge is 0.147 e. The van der Waals surface area contributed by atoms with Crippen LogP contribution < -0.4 is 0 Å². The van der Waals surface area contributed by atoms with E-state index < -0.39 is 24.4 Å². The Morgan fingerprint density at radius 1 is 1.60 bits per heavy atom. The number of aliphatic hydroxyl groups is 2. The molecule has 0 saturated carbocycles. The molecule has 2 unspecified atom stereocenters. The van der Waals surface area contributed by atoms with E-state index in [9.17, 15) is 4.39 Å². The van der Waals surface area contributed by atoms with Crippen LogP contribution in [0.5, 0.6) is 0 Å². The van der Waals surface area contributed by atoms with Gasteiger partial charge in [0.15, 0.2) is 0 Å². The van der Waals surface area contributed by atoms with Crippen molar-refractivity contribution in [3.63, 3.8) is 0 Å². The van der Waals surface area contributed by atoms with Gasteiger partial charge >= 0.3 is 0 Å². The molecule has 1 aliphatic rings. The molecule has 0 aromatic rings. The predicted molar refractivity (Wildman–Crippen MR) is 35.2 cm³/mol. The highest BCUT2D eigenvalue weighted by Crippen LogP contribution is 2.21. The predicted octanol–water partition coefficient (Wildman–Crippen LogP) is -1.96. The van der Waals surface area contributed by atoms with E-state index in [1.165, 1.54) is 7.85 Å². The molecule has 0 radical (unpaired) electrons. The van der Waals surface area contributed by atoms with Gasteiger partial charge in [-0.2, -0.15) is 0 Å². The lowest BCUT2D eigenvalue weighted by atomic mass is 9.94. The highest BCUT2D eigenvalue weighted by molar-refractivity contribution is 6.11. The monoisotopic (exact) mass is 148 g/mol. The molecule has 4 atom stereocenters. The number of aliphatic hydroxyl groups excluding tert-OH is 2. The van der Waals surface area contributed by atoms with Crippen molar-refractivity contribution in [1.82, 2.24) is 0 Å². The maximum Gasteiger partial charge on any atom is 0.147 e. The molecule has 0 aromatic carbocycles. The Bertz CT molecular complexity index is 123. The van der Waals surface area contributed by atoms with Crippen molar-refractivity contribution in [2.75, 3.05) is 6.61 Å². The molecule has 1 heterocycles. The standard InChI is InChI=1S/C5H10BFO3/c6-5-3(7)4(9)2(1-8)10-5/h2-5,8-9H,1,6H2/t2-,3?,4?,5-/m1/s1. The van der Waals surface area contributed by atoms with Crippen LogP contribution in [0.15, 0.2) is 0 Å². The summed E-state index contributed by atoms with van der Waals surface area (Å²) in [7, 11) is 1.53. The number of rotatable bonds is 1. The minimum Gasteiger partial charge on any atom is -0.394 e. The summed E-state index contributed by atoms with van der Waals surface area (Å²) in [5.74, 6) is 0. The van der Waals surface area contributed by atoms with E-state index in [-0.39, 0.29) is 6.61 Å². The molecule has 0 spiro atoms. The van der Waals surface area contributed by atoms with E-state index in [2.05, 4.69) is 0 Å². The second-order valence-electron chi connectivity index (χ2n) is 2.50. The Labute approximate surface area is 59.2 Å². The molecule has 5 heteroatoms. The van der Waals surface area contributed by atoms with Gasteiger partial charge < -0.3 is 14.9 Å². The average Bonchev–Trinajstić information content (AvgIpc) is 2.17. The molecule has 0 aliphatic carbocycles. The average molecular weight is 148 g/mol. The van der Waals surface area contributed by atoms with Crippen LogP contribution in [0.3, 0.4) is 0 Å². The number of alkyl halides is 1. The molecule has 1 aliphatic heterocycles. The van der Waals surface area contributed by atoms with Crippen LogP contribution >= 0.6 is 0 Å². The van der Waals surface area contributed by atoms with E-state index in [1.807, 2.05) is 0 Å². The van der Waals surface area contributed by atoms with Gasteiger partial charge in [-0.05, 0) is 0 Å². The lowest BCUT2D eigenvalue weighted by Gasteiger charge is -2.09. The fraction of sp³-hybridized carbons (Fsp3) is 1.00. The van der Waals surface area contributed by atoms with Crippen LogP contribution in [0, 0.1) is 0 Å². The van der Waals surface area contributed by atoms with Crippen molar-refractivity contribution in [2.24, 2.45) is 0 Å². The second kappa shape index (κ2) is 2.86. The van der Waals surface area contributed by atoms with Crippen LogP contribution in [-0.4, -0.2) is 49.0 Å². The van der Waals surface area contributed by atoms with Gasteiger partial charge in [-0.3, -0.25) is 0 Å². The summed E-state index contributed by atoms with van der Waals surface area (Å²) in [6.07, 6.45) is -3.28. The van der Waals surface area contributed by atoms with Crippen LogP contribution in [-0.2, 0) is 4.74 Å². The van der Waals surface area contributed by atoms with Crippen molar-refractivity contribution in [2.45, 2.75) is 24.4 Å². The Morgan fingerprint density at radius 2 is 2.20 bits per heavy atom. The molecule has 2 N–H and O–H groups in total. The summed E-state index contributed by atoms with van der Waals surface area (Å²) in [5, 5.41) is 17.5. The van der Waals surface area contributed by atoms with Gasteiger partial charge in [0.25, 0.3) is 0 Å². The van der Waals surface area contributed by atoms with Crippen molar-refractivity contribution in [3.05, 3.63) is 0 Å². The van der Waals surface area contributed by atoms with Crippen LogP contribution in [0.2, 0.25) is 0 Å². The Hall–Kier alpha value is -0.125. The molecular weight excluding hydrogens is 138 g/mol. The zero-order valence-electron chi connectivity index (χ0n) is 5.70. The normalized spacial score (nSPS) is 47.9. The summed E-state index contributed by atoms with van der Waals surface area (Å²) >= 11 is 0. The van der Waals surface area contributed by atoms with E-state index in [0.717, 1.165) is 0 Å².